The minimum Gasteiger partial charge on any atom is -0.315 e. The van der Waals surface area contributed by atoms with Crippen LogP contribution in [0.4, 0.5) is 5.69 Å². The van der Waals surface area contributed by atoms with Gasteiger partial charge < -0.3 is 4.90 Å². The van der Waals surface area contributed by atoms with Gasteiger partial charge in [0.2, 0.25) is 5.91 Å². The van der Waals surface area contributed by atoms with Gasteiger partial charge in [-0.25, -0.2) is 0 Å². The minimum atomic E-state index is 0.108. The van der Waals surface area contributed by atoms with Crippen LogP contribution in [0.5, 0.6) is 0 Å². The van der Waals surface area contributed by atoms with Crippen LogP contribution in [0.15, 0.2) is 24.3 Å². The SMILES string of the molecule is CCC(C)c1ccc(N(C)C(=O)CCS)cc1. The summed E-state index contributed by atoms with van der Waals surface area (Å²) in [5.74, 6) is 1.27. The molecule has 0 fully saturated rings. The molecule has 1 aromatic carbocycles. The highest BCUT2D eigenvalue weighted by Gasteiger charge is 2.10. The third kappa shape index (κ3) is 3.77. The maximum atomic E-state index is 11.7. The second kappa shape index (κ2) is 6.70. The van der Waals surface area contributed by atoms with Crippen molar-refractivity contribution in [2.75, 3.05) is 17.7 Å². The Kier molecular flexibility index (Phi) is 5.56. The van der Waals surface area contributed by atoms with E-state index in [0.717, 1.165) is 12.1 Å². The van der Waals surface area contributed by atoms with E-state index in [2.05, 4.69) is 38.6 Å². The number of amides is 1. The zero-order valence-corrected chi connectivity index (χ0v) is 11.7. The highest BCUT2D eigenvalue weighted by molar-refractivity contribution is 7.80. The quantitative estimate of drug-likeness (QED) is 0.794. The van der Waals surface area contributed by atoms with Crippen LogP contribution in [0.2, 0.25) is 0 Å². The molecule has 0 aliphatic heterocycles. The molecule has 0 radical (unpaired) electrons. The average Bonchev–Trinajstić information content (AvgIpc) is 2.37. The van der Waals surface area contributed by atoms with Crippen molar-refractivity contribution in [3.63, 3.8) is 0 Å². The first-order valence-electron chi connectivity index (χ1n) is 6.07. The number of benzene rings is 1. The molecule has 0 spiro atoms. The molecule has 0 heterocycles. The molecule has 1 rings (SSSR count). The van der Waals surface area contributed by atoms with Crippen molar-refractivity contribution in [2.24, 2.45) is 0 Å². The van der Waals surface area contributed by atoms with Gasteiger partial charge in [-0.1, -0.05) is 26.0 Å². The van der Waals surface area contributed by atoms with E-state index >= 15 is 0 Å². The van der Waals surface area contributed by atoms with Crippen LogP contribution >= 0.6 is 12.6 Å². The summed E-state index contributed by atoms with van der Waals surface area (Å²) in [6.45, 7) is 4.39. The van der Waals surface area contributed by atoms with Gasteiger partial charge >= 0.3 is 0 Å². The van der Waals surface area contributed by atoms with Crippen molar-refractivity contribution in [3.05, 3.63) is 29.8 Å². The number of carbonyl (C=O) groups is 1. The van der Waals surface area contributed by atoms with Crippen molar-refractivity contribution in [3.8, 4) is 0 Å². The minimum absolute atomic E-state index is 0.108. The molecule has 0 N–H and O–H groups in total. The largest absolute Gasteiger partial charge is 0.315 e. The number of thiol groups is 1. The van der Waals surface area contributed by atoms with E-state index < -0.39 is 0 Å². The first-order chi connectivity index (χ1) is 8.10. The molecule has 0 saturated carbocycles. The maximum absolute atomic E-state index is 11.7. The Morgan fingerprint density at radius 3 is 2.41 bits per heavy atom. The van der Waals surface area contributed by atoms with Crippen LogP contribution < -0.4 is 4.90 Å². The molecular weight excluding hydrogens is 230 g/mol. The molecular formula is C14H21NOS. The van der Waals surface area contributed by atoms with Crippen molar-refractivity contribution in [2.45, 2.75) is 32.6 Å². The summed E-state index contributed by atoms with van der Waals surface area (Å²) in [7, 11) is 1.81. The number of anilines is 1. The Morgan fingerprint density at radius 1 is 1.35 bits per heavy atom. The molecule has 0 aliphatic rings. The molecule has 1 unspecified atom stereocenters. The molecule has 17 heavy (non-hydrogen) atoms. The molecule has 0 aliphatic carbocycles. The molecule has 3 heteroatoms. The second-order valence-corrected chi connectivity index (χ2v) is 4.77. The van der Waals surface area contributed by atoms with Crippen LogP contribution in [0.3, 0.4) is 0 Å². The Hall–Kier alpha value is -0.960. The zero-order chi connectivity index (χ0) is 12.8. The summed E-state index contributed by atoms with van der Waals surface area (Å²) >= 11 is 4.08. The summed E-state index contributed by atoms with van der Waals surface area (Å²) in [5.41, 5.74) is 2.27. The van der Waals surface area contributed by atoms with Gasteiger partial charge in [-0.3, -0.25) is 4.79 Å². The van der Waals surface area contributed by atoms with E-state index in [1.807, 2.05) is 19.2 Å². The first kappa shape index (κ1) is 14.1. The van der Waals surface area contributed by atoms with Gasteiger partial charge in [0.1, 0.15) is 0 Å². The molecule has 94 valence electrons. The third-order valence-corrected chi connectivity index (χ3v) is 3.39. The van der Waals surface area contributed by atoms with Gasteiger partial charge in [-0.2, -0.15) is 12.6 Å². The normalized spacial score (nSPS) is 12.2. The molecule has 1 atom stereocenters. The number of rotatable bonds is 5. The lowest BCUT2D eigenvalue weighted by Crippen LogP contribution is -2.26. The summed E-state index contributed by atoms with van der Waals surface area (Å²) in [5, 5.41) is 0. The number of carbonyl (C=O) groups excluding carboxylic acids is 1. The summed E-state index contributed by atoms with van der Waals surface area (Å²) in [6.07, 6.45) is 1.61. The van der Waals surface area contributed by atoms with Crippen LogP contribution in [0.1, 0.15) is 38.2 Å². The van der Waals surface area contributed by atoms with E-state index in [0.29, 0.717) is 18.1 Å². The first-order valence-corrected chi connectivity index (χ1v) is 6.70. The van der Waals surface area contributed by atoms with Gasteiger partial charge in [0, 0.05) is 19.2 Å². The summed E-state index contributed by atoms with van der Waals surface area (Å²) in [6, 6.07) is 8.23. The summed E-state index contributed by atoms with van der Waals surface area (Å²) < 4.78 is 0. The lowest BCUT2D eigenvalue weighted by atomic mass is 9.98. The smallest absolute Gasteiger partial charge is 0.227 e. The number of nitrogens with zero attached hydrogens (tertiary/aromatic N) is 1. The molecule has 0 aromatic heterocycles. The van der Waals surface area contributed by atoms with Crippen molar-refractivity contribution < 1.29 is 4.79 Å². The molecule has 2 nitrogen and oxygen atoms in total. The third-order valence-electron chi connectivity index (χ3n) is 3.16. The van der Waals surface area contributed by atoms with E-state index in [4.69, 9.17) is 0 Å². The lowest BCUT2D eigenvalue weighted by molar-refractivity contribution is -0.117. The van der Waals surface area contributed by atoms with E-state index in [1.54, 1.807) is 4.90 Å². The Labute approximate surface area is 109 Å². The van der Waals surface area contributed by atoms with Gasteiger partial charge in [0.05, 0.1) is 0 Å². The Morgan fingerprint density at radius 2 is 1.94 bits per heavy atom. The Balaban J connectivity index is 2.76. The van der Waals surface area contributed by atoms with Gasteiger partial charge in [-0.05, 0) is 35.8 Å². The highest BCUT2D eigenvalue weighted by atomic mass is 32.1. The molecule has 0 bridgehead atoms. The number of hydrogen-bond donors (Lipinski definition) is 1. The van der Waals surface area contributed by atoms with Crippen LogP contribution in [0, 0.1) is 0 Å². The average molecular weight is 251 g/mol. The van der Waals surface area contributed by atoms with Crippen LogP contribution in [0.25, 0.3) is 0 Å². The molecule has 1 aromatic rings. The lowest BCUT2D eigenvalue weighted by Gasteiger charge is -2.18. The van der Waals surface area contributed by atoms with Crippen LogP contribution in [-0.4, -0.2) is 18.7 Å². The van der Waals surface area contributed by atoms with Gasteiger partial charge in [0.25, 0.3) is 0 Å². The van der Waals surface area contributed by atoms with Crippen LogP contribution in [-0.2, 0) is 4.79 Å². The zero-order valence-electron chi connectivity index (χ0n) is 10.8. The second-order valence-electron chi connectivity index (χ2n) is 4.33. The Bertz CT molecular complexity index is 361. The van der Waals surface area contributed by atoms with E-state index in [-0.39, 0.29) is 5.91 Å². The van der Waals surface area contributed by atoms with Crippen molar-refractivity contribution in [1.82, 2.24) is 0 Å². The highest BCUT2D eigenvalue weighted by Crippen LogP contribution is 2.22. The molecule has 1 amide bonds. The predicted molar refractivity (Wildman–Crippen MR) is 77.0 cm³/mol. The fraction of sp³-hybridized carbons (Fsp3) is 0.500. The monoisotopic (exact) mass is 251 g/mol. The topological polar surface area (TPSA) is 20.3 Å². The molecule has 0 saturated heterocycles. The predicted octanol–water partition coefficient (Wildman–Crippen LogP) is 3.48. The number of hydrogen-bond acceptors (Lipinski definition) is 2. The van der Waals surface area contributed by atoms with Gasteiger partial charge in [-0.15, -0.1) is 0 Å². The summed E-state index contributed by atoms with van der Waals surface area (Å²) in [4.78, 5) is 13.4. The van der Waals surface area contributed by atoms with Gasteiger partial charge in [0.15, 0.2) is 0 Å². The van der Waals surface area contributed by atoms with E-state index in [9.17, 15) is 4.79 Å². The standard InChI is InChI=1S/C14H21NOS/c1-4-11(2)12-5-7-13(8-6-12)15(3)14(16)9-10-17/h5-8,11,17H,4,9-10H2,1-3H3. The maximum Gasteiger partial charge on any atom is 0.227 e. The fourth-order valence-electron chi connectivity index (χ4n) is 1.67. The van der Waals surface area contributed by atoms with Crippen molar-refractivity contribution in [1.29, 1.82) is 0 Å². The van der Waals surface area contributed by atoms with E-state index in [1.165, 1.54) is 5.56 Å². The fourth-order valence-corrected chi connectivity index (χ4v) is 1.86. The van der Waals surface area contributed by atoms with Crippen molar-refractivity contribution >= 4 is 24.2 Å².